The summed E-state index contributed by atoms with van der Waals surface area (Å²) in [5.41, 5.74) is 3.13. The van der Waals surface area contributed by atoms with Crippen LogP contribution in [-0.2, 0) is 12.8 Å². The molecule has 1 aliphatic heterocycles. The zero-order chi connectivity index (χ0) is 22.1. The van der Waals surface area contributed by atoms with E-state index in [-0.39, 0.29) is 17.9 Å². The first-order valence-electron chi connectivity index (χ1n) is 10.4. The van der Waals surface area contributed by atoms with Gasteiger partial charge >= 0.3 is 11.7 Å². The Morgan fingerprint density at radius 3 is 2.38 bits per heavy atom. The number of nitrogens with zero attached hydrogens (tertiary/aromatic N) is 2. The van der Waals surface area contributed by atoms with E-state index in [4.69, 9.17) is 4.98 Å². The molecule has 1 unspecified atom stereocenters. The van der Waals surface area contributed by atoms with Crippen molar-refractivity contribution < 1.29 is 18.1 Å². The molecule has 0 saturated heterocycles. The van der Waals surface area contributed by atoms with Crippen LogP contribution < -0.4 is 9.88 Å². The molecule has 6 heteroatoms. The van der Waals surface area contributed by atoms with E-state index in [0.29, 0.717) is 23.6 Å². The molecule has 4 aromatic rings. The van der Waals surface area contributed by atoms with E-state index in [0.717, 1.165) is 17.2 Å². The van der Waals surface area contributed by atoms with Gasteiger partial charge in [-0.25, -0.2) is 18.6 Å². The van der Waals surface area contributed by atoms with E-state index in [1.54, 1.807) is 10.8 Å². The summed E-state index contributed by atoms with van der Waals surface area (Å²) in [4.78, 5) is 18.0. The minimum Gasteiger partial charge on any atom is -0.258 e. The second kappa shape index (κ2) is 8.30. The number of aromatic nitrogens is 2. The fraction of sp³-hybridized carbons (Fsp3) is 0.115. The summed E-state index contributed by atoms with van der Waals surface area (Å²) in [6.07, 6.45) is 2.27. The number of benzene rings is 3. The summed E-state index contributed by atoms with van der Waals surface area (Å²) in [7, 11) is 0. The lowest BCUT2D eigenvalue weighted by Gasteiger charge is -2.08. The van der Waals surface area contributed by atoms with Gasteiger partial charge in [-0.3, -0.25) is 5.32 Å². The maximum atomic E-state index is 14.4. The van der Waals surface area contributed by atoms with Crippen molar-refractivity contribution in [2.45, 2.75) is 18.9 Å². The van der Waals surface area contributed by atoms with Gasteiger partial charge in [0.05, 0.1) is 0 Å². The molecule has 5 rings (SSSR count). The fourth-order valence-electron chi connectivity index (χ4n) is 4.00. The van der Waals surface area contributed by atoms with E-state index in [1.807, 2.05) is 60.7 Å². The van der Waals surface area contributed by atoms with Gasteiger partial charge in [0.25, 0.3) is 0 Å². The van der Waals surface area contributed by atoms with E-state index in [9.17, 15) is 13.6 Å². The van der Waals surface area contributed by atoms with Crippen molar-refractivity contribution in [3.8, 4) is 11.3 Å². The quantitative estimate of drug-likeness (QED) is 0.473. The highest BCUT2D eigenvalue weighted by Crippen LogP contribution is 2.26. The van der Waals surface area contributed by atoms with Crippen LogP contribution in [0.1, 0.15) is 21.6 Å². The van der Waals surface area contributed by atoms with Crippen LogP contribution in [-0.4, -0.2) is 16.9 Å². The molecule has 158 valence electrons. The molecule has 1 aromatic heterocycles. The molecule has 0 radical (unpaired) electrons. The Bertz CT molecular complexity index is 1290. The molecule has 0 fully saturated rings. The molecule has 0 amide bonds. The molecule has 0 aliphatic carbocycles. The number of nitrogens with one attached hydrogen (secondary N) is 1. The molecule has 1 N–H and O–H groups in total. The Morgan fingerprint density at radius 1 is 0.906 bits per heavy atom. The predicted molar refractivity (Wildman–Crippen MR) is 117 cm³/mol. The van der Waals surface area contributed by atoms with Crippen LogP contribution in [0.5, 0.6) is 0 Å². The first-order valence-corrected chi connectivity index (χ1v) is 10.4. The number of rotatable bonds is 5. The van der Waals surface area contributed by atoms with Crippen LogP contribution in [0.25, 0.3) is 11.3 Å². The fourth-order valence-corrected chi connectivity index (χ4v) is 4.00. The number of halogens is 2. The zero-order valence-corrected chi connectivity index (χ0v) is 17.1. The number of carbonyl (C=O) groups excluding carboxylic acids is 1. The monoisotopic (exact) mass is 428 g/mol. The van der Waals surface area contributed by atoms with E-state index in [2.05, 4.69) is 5.32 Å². The molecule has 2 heterocycles. The van der Waals surface area contributed by atoms with Crippen molar-refractivity contribution in [3.63, 3.8) is 0 Å². The minimum absolute atomic E-state index is 0.0535. The Kier molecular flexibility index (Phi) is 5.19. The van der Waals surface area contributed by atoms with Crippen molar-refractivity contribution in [2.75, 3.05) is 5.32 Å². The average Bonchev–Trinajstić information content (AvgIpc) is 3.13. The third-order valence-electron chi connectivity index (χ3n) is 5.61. The summed E-state index contributed by atoms with van der Waals surface area (Å²) < 4.78 is 29.8. The molecule has 1 aliphatic rings. The lowest BCUT2D eigenvalue weighted by Crippen LogP contribution is -2.44. The highest BCUT2D eigenvalue weighted by atomic mass is 19.2. The minimum atomic E-state index is -0.906. The standard InChI is InChI=1S/C26H19F2N3O/c27-20-13-7-12-19(24(20)28)15-21-25-30-22(14-17-8-3-1-4-9-17)26(32)31(25)16-23(29-21)18-10-5-2-6-11-18/h1-13,16,22H,14-15H2/p+1. The molecule has 1 atom stereocenters. The summed E-state index contributed by atoms with van der Waals surface area (Å²) in [5, 5.41) is 3.27. The van der Waals surface area contributed by atoms with Crippen molar-refractivity contribution in [3.05, 3.63) is 114 Å². The maximum Gasteiger partial charge on any atom is 0.359 e. The van der Waals surface area contributed by atoms with Crippen LogP contribution in [0.4, 0.5) is 14.6 Å². The molecular weight excluding hydrogens is 408 g/mol. The van der Waals surface area contributed by atoms with E-state index < -0.39 is 17.7 Å². The number of hydrogen-bond donors (Lipinski definition) is 1. The first-order chi connectivity index (χ1) is 15.6. The van der Waals surface area contributed by atoms with Gasteiger partial charge < -0.3 is 0 Å². The normalized spacial score (nSPS) is 14.8. The van der Waals surface area contributed by atoms with Gasteiger partial charge in [0, 0.05) is 18.4 Å². The van der Waals surface area contributed by atoms with Crippen molar-refractivity contribution >= 4 is 11.7 Å². The van der Waals surface area contributed by atoms with E-state index in [1.165, 1.54) is 12.1 Å². The van der Waals surface area contributed by atoms with Gasteiger partial charge in [-0.15, -0.1) is 0 Å². The Labute approximate surface area is 184 Å². The second-order valence-corrected chi connectivity index (χ2v) is 7.77. The molecular formula is C26H20F2N3O+. The highest BCUT2D eigenvalue weighted by molar-refractivity contribution is 5.82. The Hall–Kier alpha value is -3.93. The van der Waals surface area contributed by atoms with Crippen LogP contribution in [0, 0.1) is 11.6 Å². The SMILES string of the molecule is O=C1C(Cc2ccccc2)Nc2c(Cc3cccc(F)c3F)nc(-c3ccccc3)c[n+]21. The number of anilines is 1. The third kappa shape index (κ3) is 3.75. The molecule has 0 spiro atoms. The van der Waals surface area contributed by atoms with Crippen LogP contribution in [0.2, 0.25) is 0 Å². The van der Waals surface area contributed by atoms with Gasteiger partial charge in [-0.2, -0.15) is 4.57 Å². The summed E-state index contributed by atoms with van der Waals surface area (Å²) >= 11 is 0. The van der Waals surface area contributed by atoms with Gasteiger partial charge in [-0.1, -0.05) is 72.8 Å². The number of hydrogen-bond acceptors (Lipinski definition) is 3. The maximum absolute atomic E-state index is 14.4. The van der Waals surface area contributed by atoms with Crippen molar-refractivity contribution in [1.29, 1.82) is 0 Å². The lowest BCUT2D eigenvalue weighted by atomic mass is 10.1. The molecule has 4 nitrogen and oxygen atoms in total. The first kappa shape index (κ1) is 20.0. The molecule has 0 bridgehead atoms. The van der Waals surface area contributed by atoms with Gasteiger partial charge in [0.2, 0.25) is 0 Å². The number of fused-ring (bicyclic) bond motifs is 1. The predicted octanol–water partition coefficient (Wildman–Crippen LogP) is 4.58. The van der Waals surface area contributed by atoms with Crippen molar-refractivity contribution in [1.82, 2.24) is 4.98 Å². The summed E-state index contributed by atoms with van der Waals surface area (Å²) in [6, 6.07) is 22.8. The molecule has 0 saturated carbocycles. The van der Waals surface area contributed by atoms with Gasteiger partial charge in [0.15, 0.2) is 17.7 Å². The van der Waals surface area contributed by atoms with Gasteiger partial charge in [0.1, 0.15) is 17.6 Å². The second-order valence-electron chi connectivity index (χ2n) is 7.77. The Balaban J connectivity index is 1.57. The number of carbonyl (C=O) groups is 1. The largest absolute Gasteiger partial charge is 0.359 e. The highest BCUT2D eigenvalue weighted by Gasteiger charge is 2.41. The lowest BCUT2D eigenvalue weighted by molar-refractivity contribution is -0.552. The van der Waals surface area contributed by atoms with Gasteiger partial charge in [-0.05, 0) is 17.2 Å². The summed E-state index contributed by atoms with van der Waals surface area (Å²) in [6.45, 7) is 0. The molecule has 32 heavy (non-hydrogen) atoms. The molecule has 3 aromatic carbocycles. The average molecular weight is 428 g/mol. The Morgan fingerprint density at radius 2 is 1.62 bits per heavy atom. The van der Waals surface area contributed by atoms with Crippen molar-refractivity contribution in [2.24, 2.45) is 0 Å². The van der Waals surface area contributed by atoms with Crippen LogP contribution in [0.3, 0.4) is 0 Å². The topological polar surface area (TPSA) is 45.9 Å². The van der Waals surface area contributed by atoms with E-state index >= 15 is 0 Å². The van der Waals surface area contributed by atoms with Crippen LogP contribution in [0.15, 0.2) is 85.1 Å². The summed E-state index contributed by atoms with van der Waals surface area (Å²) in [5.74, 6) is -1.40. The van der Waals surface area contributed by atoms with Crippen LogP contribution >= 0.6 is 0 Å². The zero-order valence-electron chi connectivity index (χ0n) is 17.1. The smallest absolute Gasteiger partial charge is 0.258 e. The third-order valence-corrected chi connectivity index (χ3v) is 5.61.